The Kier molecular flexibility index (Phi) is 6.09. The lowest BCUT2D eigenvalue weighted by atomic mass is 10.2. The van der Waals surface area contributed by atoms with Crippen LogP contribution in [0.4, 0.5) is 10.2 Å². The first-order valence-electron chi connectivity index (χ1n) is 9.60. The van der Waals surface area contributed by atoms with Crippen LogP contribution in [-0.4, -0.2) is 26.4 Å². The zero-order valence-corrected chi connectivity index (χ0v) is 18.1. The van der Waals surface area contributed by atoms with Gasteiger partial charge in [0.2, 0.25) is 5.91 Å². The van der Waals surface area contributed by atoms with Gasteiger partial charge >= 0.3 is 0 Å². The molecule has 162 valence electrons. The number of carbonyl (C=O) groups is 1. The van der Waals surface area contributed by atoms with Crippen molar-refractivity contribution in [1.29, 1.82) is 5.26 Å². The molecule has 0 bridgehead atoms. The van der Waals surface area contributed by atoms with Crippen molar-refractivity contribution in [2.24, 2.45) is 0 Å². The second-order valence-corrected chi connectivity index (χ2v) is 7.87. The van der Waals surface area contributed by atoms with E-state index in [-0.39, 0.29) is 28.6 Å². The number of hydrogen-bond donors (Lipinski definition) is 1. The Morgan fingerprint density at radius 1 is 1.25 bits per heavy atom. The summed E-state index contributed by atoms with van der Waals surface area (Å²) >= 11 is 1.07. The van der Waals surface area contributed by atoms with Gasteiger partial charge in [0.25, 0.3) is 11.1 Å². The second-order valence-electron chi connectivity index (χ2n) is 6.95. The largest absolute Gasteiger partial charge is 0.459 e. The van der Waals surface area contributed by atoms with E-state index in [4.69, 9.17) is 8.83 Å². The normalized spacial score (nSPS) is 10.8. The molecule has 4 rings (SSSR count). The topological polar surface area (TPSA) is 110 Å². The Hall–Kier alpha value is -3.84. The van der Waals surface area contributed by atoms with Crippen LogP contribution < -0.4 is 5.32 Å². The van der Waals surface area contributed by atoms with Gasteiger partial charge in [-0.1, -0.05) is 23.9 Å². The number of rotatable bonds is 7. The number of nitrogens with zero attached hydrogens (tertiary/aromatic N) is 4. The summed E-state index contributed by atoms with van der Waals surface area (Å²) in [5, 5.41) is 20.5. The highest BCUT2D eigenvalue weighted by Gasteiger charge is 2.20. The number of halogens is 1. The van der Waals surface area contributed by atoms with Crippen LogP contribution in [0.1, 0.15) is 22.4 Å². The van der Waals surface area contributed by atoms with Gasteiger partial charge in [-0.2, -0.15) is 5.26 Å². The first-order chi connectivity index (χ1) is 15.5. The van der Waals surface area contributed by atoms with Crippen molar-refractivity contribution < 1.29 is 18.0 Å². The van der Waals surface area contributed by atoms with Gasteiger partial charge in [0.1, 0.15) is 17.7 Å². The van der Waals surface area contributed by atoms with Gasteiger partial charge in [-0.05, 0) is 49.2 Å². The van der Waals surface area contributed by atoms with Crippen molar-refractivity contribution >= 4 is 23.5 Å². The maximum absolute atomic E-state index is 13.3. The third-order valence-corrected chi connectivity index (χ3v) is 5.74. The molecule has 1 aromatic carbocycles. The molecule has 0 unspecified atom stereocenters. The number of furan rings is 1. The summed E-state index contributed by atoms with van der Waals surface area (Å²) < 4.78 is 25.8. The lowest BCUT2D eigenvalue weighted by Crippen LogP contribution is -2.18. The van der Waals surface area contributed by atoms with Crippen LogP contribution >= 0.6 is 11.8 Å². The van der Waals surface area contributed by atoms with Crippen molar-refractivity contribution in [1.82, 2.24) is 14.8 Å². The molecule has 0 spiro atoms. The Morgan fingerprint density at radius 3 is 2.72 bits per heavy atom. The molecular weight excluding hydrogens is 433 g/mol. The van der Waals surface area contributed by atoms with Gasteiger partial charge in [0.05, 0.1) is 17.6 Å². The minimum absolute atomic E-state index is 0.00444. The highest BCUT2D eigenvalue weighted by atomic mass is 32.2. The fraction of sp³-hybridized carbons (Fsp3) is 0.182. The van der Waals surface area contributed by atoms with E-state index >= 15 is 0 Å². The van der Waals surface area contributed by atoms with Crippen LogP contribution in [0.3, 0.4) is 0 Å². The van der Waals surface area contributed by atoms with E-state index in [9.17, 15) is 14.4 Å². The average Bonchev–Trinajstić information content (AvgIpc) is 3.52. The smallest absolute Gasteiger partial charge is 0.284 e. The Bertz CT molecular complexity index is 1290. The van der Waals surface area contributed by atoms with Gasteiger partial charge in [-0.3, -0.25) is 4.79 Å². The standard InChI is InChI=1S/C22H18FN5O3S/c1-13-14(2)28(11-15-5-7-16(23)8-6-15)20(17(13)10-24)25-19(29)12-32-22-27-26-21(31-22)18-4-3-9-30-18/h3-9H,11-12H2,1-2H3,(H,25,29). The van der Waals surface area contributed by atoms with Crippen LogP contribution in [0.5, 0.6) is 0 Å². The maximum atomic E-state index is 13.3. The molecule has 3 aromatic heterocycles. The number of nitriles is 1. The van der Waals surface area contributed by atoms with E-state index < -0.39 is 0 Å². The predicted molar refractivity (Wildman–Crippen MR) is 115 cm³/mol. The molecule has 10 heteroatoms. The number of benzene rings is 1. The van der Waals surface area contributed by atoms with Crippen molar-refractivity contribution in [2.45, 2.75) is 25.6 Å². The molecule has 3 heterocycles. The molecule has 0 saturated heterocycles. The summed E-state index contributed by atoms with van der Waals surface area (Å²) in [4.78, 5) is 12.6. The first kappa shape index (κ1) is 21.4. The van der Waals surface area contributed by atoms with E-state index in [0.717, 1.165) is 28.6 Å². The number of thioether (sulfide) groups is 1. The summed E-state index contributed by atoms with van der Waals surface area (Å²) in [6, 6.07) is 11.7. The number of anilines is 1. The van der Waals surface area contributed by atoms with Crippen molar-refractivity contribution in [2.75, 3.05) is 11.1 Å². The van der Waals surface area contributed by atoms with E-state index in [1.54, 1.807) is 24.3 Å². The van der Waals surface area contributed by atoms with Gasteiger partial charge in [-0.25, -0.2) is 4.39 Å². The molecule has 0 fully saturated rings. The highest BCUT2D eigenvalue weighted by Crippen LogP contribution is 2.28. The molecule has 0 saturated carbocycles. The quantitative estimate of drug-likeness (QED) is 0.411. The van der Waals surface area contributed by atoms with Crippen LogP contribution in [0.25, 0.3) is 11.7 Å². The molecule has 0 aliphatic rings. The first-order valence-corrected chi connectivity index (χ1v) is 10.6. The number of nitrogens with one attached hydrogen (secondary N) is 1. The summed E-state index contributed by atoms with van der Waals surface area (Å²) in [5.74, 6) is 0.418. The number of carbonyl (C=O) groups excluding carboxylic acids is 1. The Balaban J connectivity index is 1.49. The summed E-state index contributed by atoms with van der Waals surface area (Å²) in [6.45, 7) is 4.08. The summed E-state index contributed by atoms with van der Waals surface area (Å²) in [7, 11) is 0. The van der Waals surface area contributed by atoms with Crippen LogP contribution in [0.15, 0.2) is 56.7 Å². The molecule has 1 amide bonds. The average molecular weight is 451 g/mol. The molecular formula is C22H18FN5O3S. The van der Waals surface area contributed by atoms with Gasteiger partial charge < -0.3 is 18.7 Å². The second kappa shape index (κ2) is 9.11. The van der Waals surface area contributed by atoms with Crippen LogP contribution in [0.2, 0.25) is 0 Å². The molecule has 0 aliphatic heterocycles. The molecule has 1 N–H and O–H groups in total. The molecule has 8 nitrogen and oxygen atoms in total. The highest BCUT2D eigenvalue weighted by molar-refractivity contribution is 7.99. The molecule has 0 radical (unpaired) electrons. The Labute approximate surface area is 187 Å². The van der Waals surface area contributed by atoms with Crippen molar-refractivity contribution in [3.05, 3.63) is 70.9 Å². The summed E-state index contributed by atoms with van der Waals surface area (Å²) in [6.07, 6.45) is 1.50. The Morgan fingerprint density at radius 2 is 2.03 bits per heavy atom. The monoisotopic (exact) mass is 451 g/mol. The zero-order chi connectivity index (χ0) is 22.7. The fourth-order valence-electron chi connectivity index (χ4n) is 3.16. The van der Waals surface area contributed by atoms with Crippen LogP contribution in [0, 0.1) is 31.0 Å². The SMILES string of the molecule is Cc1c(C#N)c(NC(=O)CSc2nnc(-c3ccco3)o2)n(Cc2ccc(F)cc2)c1C. The van der Waals surface area contributed by atoms with Crippen LogP contribution in [-0.2, 0) is 11.3 Å². The van der Waals surface area contributed by atoms with Crippen molar-refractivity contribution in [3.63, 3.8) is 0 Å². The van der Waals surface area contributed by atoms with Gasteiger partial charge in [0, 0.05) is 12.2 Å². The zero-order valence-electron chi connectivity index (χ0n) is 17.3. The molecule has 32 heavy (non-hydrogen) atoms. The van der Waals surface area contributed by atoms with Gasteiger partial charge in [0.15, 0.2) is 5.76 Å². The van der Waals surface area contributed by atoms with E-state index in [2.05, 4.69) is 21.6 Å². The number of amides is 1. The molecule has 0 atom stereocenters. The van der Waals surface area contributed by atoms with E-state index in [0.29, 0.717) is 23.7 Å². The van der Waals surface area contributed by atoms with E-state index in [1.807, 2.05) is 18.4 Å². The number of hydrogen-bond acceptors (Lipinski definition) is 7. The minimum atomic E-state index is -0.331. The molecule has 0 aliphatic carbocycles. The maximum Gasteiger partial charge on any atom is 0.284 e. The fourth-order valence-corrected chi connectivity index (χ4v) is 3.73. The molecule has 4 aromatic rings. The lowest BCUT2D eigenvalue weighted by molar-refractivity contribution is -0.113. The predicted octanol–water partition coefficient (Wildman–Crippen LogP) is 4.54. The van der Waals surface area contributed by atoms with Crippen molar-refractivity contribution in [3.8, 4) is 17.7 Å². The van der Waals surface area contributed by atoms with Gasteiger partial charge in [-0.15, -0.1) is 10.2 Å². The summed E-state index contributed by atoms with van der Waals surface area (Å²) in [5.41, 5.74) is 2.85. The minimum Gasteiger partial charge on any atom is -0.459 e. The third-order valence-electron chi connectivity index (χ3n) is 4.92. The lowest BCUT2D eigenvalue weighted by Gasteiger charge is -2.13. The third kappa shape index (κ3) is 4.43. The number of aromatic nitrogens is 3. The van der Waals surface area contributed by atoms with E-state index in [1.165, 1.54) is 18.4 Å².